The highest BCUT2D eigenvalue weighted by Gasteiger charge is 2.38. The van der Waals surface area contributed by atoms with E-state index in [0.717, 1.165) is 25.8 Å². The molecule has 0 amide bonds. The van der Waals surface area contributed by atoms with E-state index in [4.69, 9.17) is 10.2 Å². The molecule has 3 unspecified atom stereocenters. The molecule has 1 aliphatic carbocycles. The van der Waals surface area contributed by atoms with Crippen LogP contribution < -0.4 is 11.2 Å². The maximum absolute atomic E-state index is 11.4. The van der Waals surface area contributed by atoms with Gasteiger partial charge in [-0.3, -0.25) is 9.69 Å². The van der Waals surface area contributed by atoms with Crippen molar-refractivity contribution >= 4 is 0 Å². The van der Waals surface area contributed by atoms with Gasteiger partial charge in [0.15, 0.2) is 5.75 Å². The number of fused-ring (bicyclic) bond motifs is 1. The Kier molecular flexibility index (Phi) is 3.33. The minimum atomic E-state index is -0.380. The summed E-state index contributed by atoms with van der Waals surface area (Å²) in [6.07, 6.45) is 4.73. The summed E-state index contributed by atoms with van der Waals surface area (Å²) in [5.74, 6) is 1.54. The van der Waals surface area contributed by atoms with Crippen molar-refractivity contribution in [2.75, 3.05) is 13.1 Å². The highest BCUT2D eigenvalue weighted by atomic mass is 16.4. The van der Waals surface area contributed by atoms with Gasteiger partial charge in [0.25, 0.3) is 0 Å². The van der Waals surface area contributed by atoms with Gasteiger partial charge in [-0.05, 0) is 24.7 Å². The number of likely N-dealkylation sites (tertiary alicyclic amines) is 1. The number of aromatic hydroxyl groups is 1. The summed E-state index contributed by atoms with van der Waals surface area (Å²) in [5.41, 5.74) is 5.81. The number of hydrogen-bond acceptors (Lipinski definition) is 5. The summed E-state index contributed by atoms with van der Waals surface area (Å²) < 4.78 is 5.26. The van der Waals surface area contributed by atoms with Crippen LogP contribution in [0.1, 0.15) is 25.0 Å². The van der Waals surface area contributed by atoms with Crippen LogP contribution in [-0.4, -0.2) is 29.1 Å². The quantitative estimate of drug-likeness (QED) is 0.829. The Morgan fingerprint density at radius 1 is 1.42 bits per heavy atom. The molecule has 0 bridgehead atoms. The first-order valence-electron chi connectivity index (χ1n) is 6.92. The second-order valence-corrected chi connectivity index (χ2v) is 5.81. The Labute approximate surface area is 112 Å². The molecule has 104 valence electrons. The maximum atomic E-state index is 11.4. The van der Waals surface area contributed by atoms with Crippen LogP contribution in [0.2, 0.25) is 0 Å². The molecule has 2 fully saturated rings. The molecule has 0 spiro atoms. The predicted octanol–water partition coefficient (Wildman–Crippen LogP) is 0.905. The highest BCUT2D eigenvalue weighted by Crippen LogP contribution is 2.35. The summed E-state index contributed by atoms with van der Waals surface area (Å²) in [7, 11) is 0. The Morgan fingerprint density at radius 3 is 3.00 bits per heavy atom. The van der Waals surface area contributed by atoms with Crippen LogP contribution in [0.25, 0.3) is 0 Å². The standard InChI is InChI=1S/C14H20N2O3/c15-12-3-1-2-9-5-16(7-11(9)12)6-10-4-13(17)14(18)8-19-10/h4,8-9,11-12,18H,1-3,5-7,15H2. The summed E-state index contributed by atoms with van der Waals surface area (Å²) in [4.78, 5) is 13.7. The SMILES string of the molecule is NC1CCCC2CN(Cc3cc(=O)c(O)co3)CC12. The van der Waals surface area contributed by atoms with Crippen LogP contribution in [0.15, 0.2) is 21.5 Å². The zero-order valence-corrected chi connectivity index (χ0v) is 10.9. The molecule has 0 radical (unpaired) electrons. The first kappa shape index (κ1) is 12.7. The molecule has 1 aliphatic heterocycles. The Morgan fingerprint density at radius 2 is 2.26 bits per heavy atom. The maximum Gasteiger partial charge on any atom is 0.226 e. The highest BCUT2D eigenvalue weighted by molar-refractivity contribution is 5.15. The third-order valence-corrected chi connectivity index (χ3v) is 4.48. The lowest BCUT2D eigenvalue weighted by atomic mass is 9.78. The van der Waals surface area contributed by atoms with Crippen LogP contribution in [0.4, 0.5) is 0 Å². The van der Waals surface area contributed by atoms with Crippen LogP contribution in [0.3, 0.4) is 0 Å². The van der Waals surface area contributed by atoms with Crippen LogP contribution in [0.5, 0.6) is 5.75 Å². The van der Waals surface area contributed by atoms with E-state index in [0.29, 0.717) is 30.2 Å². The van der Waals surface area contributed by atoms with Gasteiger partial charge < -0.3 is 15.3 Å². The molecule has 3 atom stereocenters. The van der Waals surface area contributed by atoms with Gasteiger partial charge >= 0.3 is 0 Å². The first-order valence-corrected chi connectivity index (χ1v) is 6.92. The molecule has 19 heavy (non-hydrogen) atoms. The van der Waals surface area contributed by atoms with Gasteiger partial charge in [-0.25, -0.2) is 0 Å². The van der Waals surface area contributed by atoms with Crippen molar-refractivity contribution in [2.45, 2.75) is 31.8 Å². The molecular formula is C14H20N2O3. The second-order valence-electron chi connectivity index (χ2n) is 5.81. The molecule has 1 aromatic rings. The van der Waals surface area contributed by atoms with E-state index in [1.807, 2.05) is 0 Å². The van der Waals surface area contributed by atoms with Gasteiger partial charge in [0.2, 0.25) is 5.43 Å². The van der Waals surface area contributed by atoms with Gasteiger partial charge in [0.1, 0.15) is 12.0 Å². The average molecular weight is 264 g/mol. The van der Waals surface area contributed by atoms with Crippen molar-refractivity contribution in [1.29, 1.82) is 0 Å². The van der Waals surface area contributed by atoms with Crippen molar-refractivity contribution in [3.05, 3.63) is 28.3 Å². The third-order valence-electron chi connectivity index (χ3n) is 4.48. The van der Waals surface area contributed by atoms with E-state index in [-0.39, 0.29) is 11.2 Å². The van der Waals surface area contributed by atoms with Crippen molar-refractivity contribution < 1.29 is 9.52 Å². The Hall–Kier alpha value is -1.33. The number of nitrogens with zero attached hydrogens (tertiary/aromatic N) is 1. The lowest BCUT2D eigenvalue weighted by Gasteiger charge is -2.29. The minimum absolute atomic E-state index is 0.315. The molecule has 5 nitrogen and oxygen atoms in total. The molecule has 1 saturated carbocycles. The number of nitrogens with two attached hydrogens (primary N) is 1. The molecule has 3 N–H and O–H groups in total. The van der Waals surface area contributed by atoms with Gasteiger partial charge in [-0.2, -0.15) is 0 Å². The monoisotopic (exact) mass is 264 g/mol. The summed E-state index contributed by atoms with van der Waals surface area (Å²) in [5, 5.41) is 9.17. The molecule has 1 aromatic heterocycles. The van der Waals surface area contributed by atoms with E-state index in [9.17, 15) is 9.90 Å². The van der Waals surface area contributed by atoms with Crippen LogP contribution in [0, 0.1) is 11.8 Å². The van der Waals surface area contributed by atoms with Gasteiger partial charge in [0.05, 0.1) is 6.54 Å². The van der Waals surface area contributed by atoms with Crippen LogP contribution >= 0.6 is 0 Å². The fraction of sp³-hybridized carbons (Fsp3) is 0.643. The van der Waals surface area contributed by atoms with E-state index >= 15 is 0 Å². The molecule has 1 saturated heterocycles. The second kappa shape index (κ2) is 4.98. The molecule has 2 heterocycles. The molecule has 3 rings (SSSR count). The summed E-state index contributed by atoms with van der Waals surface area (Å²) in [6, 6.07) is 1.69. The lowest BCUT2D eigenvalue weighted by Crippen LogP contribution is -2.38. The smallest absolute Gasteiger partial charge is 0.226 e. The zero-order valence-electron chi connectivity index (χ0n) is 10.9. The van der Waals surface area contributed by atoms with E-state index in [1.54, 1.807) is 0 Å². The topological polar surface area (TPSA) is 79.7 Å². The Bertz CT molecular complexity index is 514. The molecule has 0 aromatic carbocycles. The zero-order chi connectivity index (χ0) is 13.4. The van der Waals surface area contributed by atoms with Gasteiger partial charge in [-0.15, -0.1) is 0 Å². The number of hydrogen-bond donors (Lipinski definition) is 2. The van der Waals surface area contributed by atoms with Crippen molar-refractivity contribution in [3.8, 4) is 5.75 Å². The average Bonchev–Trinajstić information content (AvgIpc) is 2.78. The predicted molar refractivity (Wildman–Crippen MR) is 70.7 cm³/mol. The van der Waals surface area contributed by atoms with Crippen molar-refractivity contribution in [3.63, 3.8) is 0 Å². The molecular weight excluding hydrogens is 244 g/mol. The van der Waals surface area contributed by atoms with Gasteiger partial charge in [0, 0.05) is 25.2 Å². The van der Waals surface area contributed by atoms with Crippen LogP contribution in [-0.2, 0) is 6.54 Å². The van der Waals surface area contributed by atoms with Gasteiger partial charge in [-0.1, -0.05) is 6.42 Å². The lowest BCUT2D eigenvalue weighted by molar-refractivity contribution is 0.257. The minimum Gasteiger partial charge on any atom is -0.502 e. The third kappa shape index (κ3) is 2.53. The Balaban J connectivity index is 1.68. The molecule has 2 aliphatic rings. The fourth-order valence-electron chi connectivity index (χ4n) is 3.49. The number of rotatable bonds is 2. The summed E-state index contributed by atoms with van der Waals surface area (Å²) in [6.45, 7) is 2.63. The largest absolute Gasteiger partial charge is 0.502 e. The molecule has 5 heteroatoms. The summed E-state index contributed by atoms with van der Waals surface area (Å²) >= 11 is 0. The van der Waals surface area contributed by atoms with E-state index < -0.39 is 0 Å². The van der Waals surface area contributed by atoms with Crippen molar-refractivity contribution in [2.24, 2.45) is 17.6 Å². The normalized spacial score (nSPS) is 31.3. The van der Waals surface area contributed by atoms with Crippen molar-refractivity contribution in [1.82, 2.24) is 4.90 Å². The first-order chi connectivity index (χ1) is 9.13. The van der Waals surface area contributed by atoms with E-state index in [1.165, 1.54) is 18.9 Å². The fourth-order valence-corrected chi connectivity index (χ4v) is 3.49. The van der Waals surface area contributed by atoms with E-state index in [2.05, 4.69) is 4.90 Å².